The number of nitrogens with one attached hydrogen (secondary N) is 1. The Hall–Kier alpha value is -0.960. The van der Waals surface area contributed by atoms with Crippen molar-refractivity contribution in [2.24, 2.45) is 5.92 Å². The van der Waals surface area contributed by atoms with E-state index in [9.17, 15) is 0 Å². The Balaban J connectivity index is 1.98. The summed E-state index contributed by atoms with van der Waals surface area (Å²) in [5, 5.41) is 3.50. The fourth-order valence-corrected chi connectivity index (χ4v) is 2.11. The van der Waals surface area contributed by atoms with Crippen molar-refractivity contribution >= 4 is 0 Å². The molecule has 1 aromatic heterocycles. The molecule has 0 aliphatic heterocycles. The monoisotopic (exact) mass is 205 g/mol. The van der Waals surface area contributed by atoms with Crippen LogP contribution in [0.15, 0.2) is 18.6 Å². The smallest absolute Gasteiger partial charge is 0.0756 e. The SMILES string of the molecule is CCNC(CC1CCC1)c1cnccn1. The van der Waals surface area contributed by atoms with Gasteiger partial charge < -0.3 is 5.32 Å². The number of aromatic nitrogens is 2. The molecule has 1 aliphatic carbocycles. The van der Waals surface area contributed by atoms with E-state index in [-0.39, 0.29) is 0 Å². The first-order chi connectivity index (χ1) is 7.40. The molecule has 1 fully saturated rings. The summed E-state index contributed by atoms with van der Waals surface area (Å²) in [5.74, 6) is 0.899. The predicted molar refractivity (Wildman–Crippen MR) is 60.4 cm³/mol. The van der Waals surface area contributed by atoms with Crippen LogP contribution in [0.2, 0.25) is 0 Å². The van der Waals surface area contributed by atoms with E-state index >= 15 is 0 Å². The highest BCUT2D eigenvalue weighted by atomic mass is 14.9. The molecule has 1 heterocycles. The highest BCUT2D eigenvalue weighted by Crippen LogP contribution is 2.33. The molecular formula is C12H19N3. The molecule has 3 heteroatoms. The van der Waals surface area contributed by atoms with Gasteiger partial charge in [-0.05, 0) is 18.9 Å². The molecule has 3 nitrogen and oxygen atoms in total. The van der Waals surface area contributed by atoms with E-state index in [1.165, 1.54) is 25.7 Å². The molecule has 1 saturated carbocycles. The van der Waals surface area contributed by atoms with Crippen LogP contribution in [-0.4, -0.2) is 16.5 Å². The van der Waals surface area contributed by atoms with E-state index in [0.717, 1.165) is 18.2 Å². The largest absolute Gasteiger partial charge is 0.309 e. The highest BCUT2D eigenvalue weighted by Gasteiger charge is 2.23. The van der Waals surface area contributed by atoms with Crippen LogP contribution in [-0.2, 0) is 0 Å². The maximum absolute atomic E-state index is 4.38. The lowest BCUT2D eigenvalue weighted by molar-refractivity contribution is 0.260. The van der Waals surface area contributed by atoms with E-state index in [1.807, 2.05) is 6.20 Å². The standard InChI is InChI=1S/C12H19N3/c1-2-14-11(8-10-4-3-5-10)12-9-13-6-7-15-12/h6-7,9-11,14H,2-5,8H2,1H3. The third kappa shape index (κ3) is 2.75. The molecule has 1 aliphatic rings. The van der Waals surface area contributed by atoms with Crippen LogP contribution in [0.4, 0.5) is 0 Å². The summed E-state index contributed by atoms with van der Waals surface area (Å²) in [6, 6.07) is 0.397. The van der Waals surface area contributed by atoms with Gasteiger partial charge in [-0.1, -0.05) is 26.2 Å². The van der Waals surface area contributed by atoms with Crippen molar-refractivity contribution in [1.29, 1.82) is 0 Å². The molecule has 1 atom stereocenters. The van der Waals surface area contributed by atoms with Gasteiger partial charge in [-0.3, -0.25) is 9.97 Å². The quantitative estimate of drug-likeness (QED) is 0.801. The lowest BCUT2D eigenvalue weighted by Gasteiger charge is -2.29. The third-order valence-electron chi connectivity index (χ3n) is 3.18. The second kappa shape index (κ2) is 5.21. The zero-order chi connectivity index (χ0) is 10.5. The van der Waals surface area contributed by atoms with Gasteiger partial charge >= 0.3 is 0 Å². The van der Waals surface area contributed by atoms with Gasteiger partial charge in [0, 0.05) is 18.6 Å². The van der Waals surface area contributed by atoms with E-state index in [1.54, 1.807) is 12.4 Å². The van der Waals surface area contributed by atoms with Crippen molar-refractivity contribution in [3.05, 3.63) is 24.3 Å². The number of nitrogens with zero attached hydrogens (tertiary/aromatic N) is 2. The van der Waals surface area contributed by atoms with Crippen molar-refractivity contribution in [2.45, 2.75) is 38.6 Å². The Morgan fingerprint density at radius 2 is 2.33 bits per heavy atom. The Labute approximate surface area is 91.3 Å². The Kier molecular flexibility index (Phi) is 3.67. The molecule has 0 aromatic carbocycles. The van der Waals surface area contributed by atoms with Gasteiger partial charge in [0.15, 0.2) is 0 Å². The minimum atomic E-state index is 0.397. The Morgan fingerprint density at radius 1 is 1.47 bits per heavy atom. The van der Waals surface area contributed by atoms with Gasteiger partial charge in [0.05, 0.1) is 11.7 Å². The normalized spacial score (nSPS) is 18.5. The second-order valence-electron chi connectivity index (χ2n) is 4.27. The van der Waals surface area contributed by atoms with Crippen molar-refractivity contribution in [3.63, 3.8) is 0 Å². The zero-order valence-corrected chi connectivity index (χ0v) is 9.32. The first-order valence-corrected chi connectivity index (χ1v) is 5.89. The minimum Gasteiger partial charge on any atom is -0.309 e. The molecule has 1 N–H and O–H groups in total. The van der Waals surface area contributed by atoms with E-state index in [0.29, 0.717) is 6.04 Å². The first kappa shape index (κ1) is 10.6. The van der Waals surface area contributed by atoms with Crippen molar-refractivity contribution in [2.75, 3.05) is 6.54 Å². The fourth-order valence-electron chi connectivity index (χ4n) is 2.11. The molecule has 0 saturated heterocycles. The number of hydrogen-bond acceptors (Lipinski definition) is 3. The molecule has 1 aromatic rings. The average molecular weight is 205 g/mol. The van der Waals surface area contributed by atoms with Gasteiger partial charge in [-0.2, -0.15) is 0 Å². The summed E-state index contributed by atoms with van der Waals surface area (Å²) >= 11 is 0. The van der Waals surface area contributed by atoms with E-state index in [4.69, 9.17) is 0 Å². The fraction of sp³-hybridized carbons (Fsp3) is 0.667. The van der Waals surface area contributed by atoms with Crippen molar-refractivity contribution in [3.8, 4) is 0 Å². The molecule has 2 rings (SSSR count). The van der Waals surface area contributed by atoms with Crippen LogP contribution < -0.4 is 5.32 Å². The van der Waals surface area contributed by atoms with Crippen LogP contribution in [0.1, 0.15) is 44.3 Å². The van der Waals surface area contributed by atoms with Gasteiger partial charge in [-0.15, -0.1) is 0 Å². The Bertz CT molecular complexity index is 282. The lowest BCUT2D eigenvalue weighted by Crippen LogP contribution is -2.26. The lowest BCUT2D eigenvalue weighted by atomic mass is 9.80. The first-order valence-electron chi connectivity index (χ1n) is 5.89. The maximum Gasteiger partial charge on any atom is 0.0756 e. The molecule has 15 heavy (non-hydrogen) atoms. The van der Waals surface area contributed by atoms with Crippen LogP contribution in [0.5, 0.6) is 0 Å². The predicted octanol–water partition coefficient (Wildman–Crippen LogP) is 2.32. The summed E-state index contributed by atoms with van der Waals surface area (Å²) in [5.41, 5.74) is 1.09. The number of hydrogen-bond donors (Lipinski definition) is 1. The summed E-state index contributed by atoms with van der Waals surface area (Å²) in [7, 11) is 0. The molecule has 0 amide bonds. The van der Waals surface area contributed by atoms with Crippen LogP contribution in [0, 0.1) is 5.92 Å². The van der Waals surface area contributed by atoms with Gasteiger partial charge in [0.25, 0.3) is 0 Å². The highest BCUT2D eigenvalue weighted by molar-refractivity contribution is 5.03. The summed E-state index contributed by atoms with van der Waals surface area (Å²) < 4.78 is 0. The zero-order valence-electron chi connectivity index (χ0n) is 9.32. The second-order valence-corrected chi connectivity index (χ2v) is 4.27. The maximum atomic E-state index is 4.38. The van der Waals surface area contributed by atoms with Crippen LogP contribution >= 0.6 is 0 Å². The average Bonchev–Trinajstić information content (AvgIpc) is 2.23. The van der Waals surface area contributed by atoms with E-state index < -0.39 is 0 Å². The number of rotatable bonds is 5. The Morgan fingerprint density at radius 3 is 2.87 bits per heavy atom. The minimum absolute atomic E-state index is 0.397. The van der Waals surface area contributed by atoms with Crippen molar-refractivity contribution in [1.82, 2.24) is 15.3 Å². The summed E-state index contributed by atoms with van der Waals surface area (Å²) in [6.45, 7) is 3.14. The summed E-state index contributed by atoms with van der Waals surface area (Å²) in [6.07, 6.45) is 10.8. The van der Waals surface area contributed by atoms with Crippen molar-refractivity contribution < 1.29 is 0 Å². The van der Waals surface area contributed by atoms with E-state index in [2.05, 4.69) is 22.2 Å². The molecule has 82 valence electrons. The molecule has 1 unspecified atom stereocenters. The van der Waals surface area contributed by atoms with Gasteiger partial charge in [0.1, 0.15) is 0 Å². The van der Waals surface area contributed by atoms with Crippen LogP contribution in [0.25, 0.3) is 0 Å². The molecule has 0 radical (unpaired) electrons. The summed E-state index contributed by atoms with van der Waals surface area (Å²) in [4.78, 5) is 8.52. The third-order valence-corrected chi connectivity index (χ3v) is 3.18. The van der Waals surface area contributed by atoms with Gasteiger partial charge in [0.2, 0.25) is 0 Å². The molecule has 0 spiro atoms. The molecular weight excluding hydrogens is 186 g/mol. The van der Waals surface area contributed by atoms with Crippen LogP contribution in [0.3, 0.4) is 0 Å². The molecule has 0 bridgehead atoms. The van der Waals surface area contributed by atoms with Gasteiger partial charge in [-0.25, -0.2) is 0 Å². The topological polar surface area (TPSA) is 37.8 Å².